The van der Waals surface area contributed by atoms with E-state index in [1.54, 1.807) is 12.1 Å². The molecule has 4 rings (SSSR count). The van der Waals surface area contributed by atoms with Crippen molar-refractivity contribution in [3.05, 3.63) is 94.4 Å². The average Bonchev–Trinajstić information content (AvgIpc) is 2.72. The fraction of sp³-hybridized carbons (Fsp3) is 0. The summed E-state index contributed by atoms with van der Waals surface area (Å²) in [7, 11) is 0. The normalized spacial score (nSPS) is 10.8. The summed E-state index contributed by atoms with van der Waals surface area (Å²) >= 11 is 0. The first kappa shape index (κ1) is 17.5. The van der Waals surface area contributed by atoms with Crippen molar-refractivity contribution in [2.24, 2.45) is 0 Å². The van der Waals surface area contributed by atoms with Gasteiger partial charge in [0.05, 0.1) is 10.9 Å². The molecule has 2 heterocycles. The van der Waals surface area contributed by atoms with Crippen molar-refractivity contribution < 1.29 is 22.7 Å². The van der Waals surface area contributed by atoms with Gasteiger partial charge in [0.15, 0.2) is 16.8 Å². The summed E-state index contributed by atoms with van der Waals surface area (Å²) in [6.45, 7) is 0. The number of benzene rings is 2. The summed E-state index contributed by atoms with van der Waals surface area (Å²) in [5.41, 5.74) is -0.217. The molecule has 0 radical (unpaired) electrons. The van der Waals surface area contributed by atoms with Gasteiger partial charge in [0.1, 0.15) is 11.5 Å². The van der Waals surface area contributed by atoms with Crippen molar-refractivity contribution in [3.63, 3.8) is 0 Å². The van der Waals surface area contributed by atoms with Crippen LogP contribution in [0.2, 0.25) is 0 Å². The van der Waals surface area contributed by atoms with Gasteiger partial charge in [-0.3, -0.25) is 9.78 Å². The number of carbonyl (C=O) groups excluding carboxylic acids is 1. The molecule has 28 heavy (non-hydrogen) atoms. The number of hydrogen-bond acceptors (Lipinski definition) is 5. The molecule has 2 aromatic carbocycles. The van der Waals surface area contributed by atoms with Crippen molar-refractivity contribution in [2.45, 2.75) is 0 Å². The molecule has 4 aromatic rings. The van der Waals surface area contributed by atoms with E-state index < -0.39 is 28.6 Å². The lowest BCUT2D eigenvalue weighted by molar-refractivity contribution is 0.0734. The Bertz CT molecular complexity index is 1240. The Hall–Kier alpha value is -3.87. The van der Waals surface area contributed by atoms with E-state index in [0.29, 0.717) is 11.1 Å². The van der Waals surface area contributed by atoms with Gasteiger partial charge in [-0.2, -0.15) is 4.39 Å². The van der Waals surface area contributed by atoms with E-state index in [4.69, 9.17) is 9.15 Å². The molecular formula is C21H11F2NO4. The van der Waals surface area contributed by atoms with Gasteiger partial charge >= 0.3 is 5.97 Å². The lowest BCUT2D eigenvalue weighted by Gasteiger charge is -2.07. The first-order valence-corrected chi connectivity index (χ1v) is 8.17. The number of halogens is 2. The molecule has 7 heteroatoms. The van der Waals surface area contributed by atoms with Crippen molar-refractivity contribution in [3.8, 4) is 17.1 Å². The van der Waals surface area contributed by atoms with Gasteiger partial charge in [-0.25, -0.2) is 9.18 Å². The van der Waals surface area contributed by atoms with Crippen LogP contribution in [-0.4, -0.2) is 11.0 Å². The van der Waals surface area contributed by atoms with E-state index in [0.717, 1.165) is 6.07 Å². The fourth-order valence-corrected chi connectivity index (χ4v) is 2.64. The second-order valence-electron chi connectivity index (χ2n) is 5.87. The van der Waals surface area contributed by atoms with Crippen molar-refractivity contribution >= 4 is 16.9 Å². The van der Waals surface area contributed by atoms with Crippen LogP contribution in [0, 0.1) is 11.6 Å². The van der Waals surface area contributed by atoms with E-state index >= 15 is 0 Å². The average molecular weight is 379 g/mol. The first-order chi connectivity index (χ1) is 13.5. The van der Waals surface area contributed by atoms with Gasteiger partial charge in [0, 0.05) is 24.0 Å². The molecular weight excluding hydrogens is 368 g/mol. The second-order valence-corrected chi connectivity index (χ2v) is 5.87. The van der Waals surface area contributed by atoms with E-state index in [1.807, 2.05) is 0 Å². The Labute approximate surface area is 156 Å². The number of aromatic nitrogens is 1. The number of carbonyl (C=O) groups is 1. The topological polar surface area (TPSA) is 69.4 Å². The predicted octanol–water partition coefficient (Wildman–Crippen LogP) is 4.35. The Morgan fingerprint density at radius 2 is 1.82 bits per heavy atom. The molecule has 0 atom stereocenters. The van der Waals surface area contributed by atoms with Crippen LogP contribution in [0.4, 0.5) is 8.78 Å². The largest absolute Gasteiger partial charge is 0.453 e. The molecule has 5 nitrogen and oxygen atoms in total. The maximum atomic E-state index is 14.0. The maximum absolute atomic E-state index is 14.0. The summed E-state index contributed by atoms with van der Waals surface area (Å²) in [5.74, 6) is -2.58. The monoisotopic (exact) mass is 379 g/mol. The molecule has 0 bridgehead atoms. The van der Waals surface area contributed by atoms with Crippen molar-refractivity contribution in [2.75, 3.05) is 0 Å². The number of pyridine rings is 1. The smallest absolute Gasteiger partial charge is 0.345 e. The van der Waals surface area contributed by atoms with Gasteiger partial charge in [-0.15, -0.1) is 0 Å². The Morgan fingerprint density at radius 3 is 2.54 bits per heavy atom. The third kappa shape index (κ3) is 3.25. The standard InChI is InChI=1S/C21H11F2NO4/c22-16-8-7-15-17(25)10-18(28-20(15)19(16)23)12-3-5-14(6-4-12)27-21(26)13-2-1-9-24-11-13/h1-11H. The summed E-state index contributed by atoms with van der Waals surface area (Å²) in [4.78, 5) is 28.1. The quantitative estimate of drug-likeness (QED) is 0.391. The molecule has 0 unspecified atom stereocenters. The molecule has 2 aromatic heterocycles. The number of fused-ring (bicyclic) bond motifs is 1. The number of rotatable bonds is 3. The molecule has 0 aliphatic heterocycles. The molecule has 0 aliphatic carbocycles. The predicted molar refractivity (Wildman–Crippen MR) is 97.0 cm³/mol. The molecule has 0 N–H and O–H groups in total. The van der Waals surface area contributed by atoms with Crippen LogP contribution in [0.25, 0.3) is 22.3 Å². The van der Waals surface area contributed by atoms with Crippen LogP contribution in [0.3, 0.4) is 0 Å². The highest BCUT2D eigenvalue weighted by atomic mass is 19.2. The SMILES string of the molecule is O=C(Oc1ccc(-c2cc(=O)c3ccc(F)c(F)c3o2)cc1)c1cccnc1. The number of nitrogens with zero attached hydrogens (tertiary/aromatic N) is 1. The Kier molecular flexibility index (Phi) is 4.41. The minimum absolute atomic E-state index is 0.0512. The van der Waals surface area contributed by atoms with Crippen molar-refractivity contribution in [1.82, 2.24) is 4.98 Å². The molecule has 0 fully saturated rings. The first-order valence-electron chi connectivity index (χ1n) is 8.17. The van der Waals surface area contributed by atoms with Crippen LogP contribution in [0.1, 0.15) is 10.4 Å². The van der Waals surface area contributed by atoms with Gasteiger partial charge < -0.3 is 9.15 Å². The zero-order valence-corrected chi connectivity index (χ0v) is 14.2. The van der Waals surface area contributed by atoms with Crippen LogP contribution in [0.15, 0.2) is 76.2 Å². The summed E-state index contributed by atoms with van der Waals surface area (Å²) in [6.07, 6.45) is 2.92. The highest BCUT2D eigenvalue weighted by Crippen LogP contribution is 2.26. The number of hydrogen-bond donors (Lipinski definition) is 0. The minimum atomic E-state index is -1.22. The third-order valence-electron chi connectivity index (χ3n) is 4.04. The van der Waals surface area contributed by atoms with Crippen LogP contribution in [-0.2, 0) is 0 Å². The fourth-order valence-electron chi connectivity index (χ4n) is 2.64. The van der Waals surface area contributed by atoms with Crippen LogP contribution >= 0.6 is 0 Å². The van der Waals surface area contributed by atoms with E-state index in [1.165, 1.54) is 48.8 Å². The highest BCUT2D eigenvalue weighted by Gasteiger charge is 2.15. The summed E-state index contributed by atoms with van der Waals surface area (Å²) in [6, 6.07) is 12.5. The highest BCUT2D eigenvalue weighted by molar-refractivity contribution is 5.90. The van der Waals surface area contributed by atoms with Gasteiger partial charge in [0.2, 0.25) is 5.82 Å². The second kappa shape index (κ2) is 7.03. The molecule has 138 valence electrons. The van der Waals surface area contributed by atoms with Crippen molar-refractivity contribution in [1.29, 1.82) is 0 Å². The third-order valence-corrected chi connectivity index (χ3v) is 4.04. The van der Waals surface area contributed by atoms with E-state index in [2.05, 4.69) is 4.98 Å². The minimum Gasteiger partial charge on any atom is -0.453 e. The van der Waals surface area contributed by atoms with E-state index in [-0.39, 0.29) is 16.9 Å². The molecule has 0 saturated carbocycles. The number of ether oxygens (including phenoxy) is 1. The van der Waals surface area contributed by atoms with Gasteiger partial charge in [-0.05, 0) is 48.5 Å². The molecule has 0 aliphatic rings. The lowest BCUT2D eigenvalue weighted by Crippen LogP contribution is -2.08. The Morgan fingerprint density at radius 1 is 1.04 bits per heavy atom. The Balaban J connectivity index is 1.65. The maximum Gasteiger partial charge on any atom is 0.345 e. The lowest BCUT2D eigenvalue weighted by atomic mass is 10.1. The van der Waals surface area contributed by atoms with Crippen LogP contribution in [0.5, 0.6) is 5.75 Å². The van der Waals surface area contributed by atoms with Gasteiger partial charge in [-0.1, -0.05) is 0 Å². The molecule has 0 amide bonds. The van der Waals surface area contributed by atoms with Gasteiger partial charge in [0.25, 0.3) is 0 Å². The summed E-state index contributed by atoms with van der Waals surface area (Å²) in [5, 5.41) is -0.0512. The zero-order chi connectivity index (χ0) is 19.7. The van der Waals surface area contributed by atoms with E-state index in [9.17, 15) is 18.4 Å². The number of esters is 1. The zero-order valence-electron chi connectivity index (χ0n) is 14.2. The molecule has 0 spiro atoms. The summed E-state index contributed by atoms with van der Waals surface area (Å²) < 4.78 is 38.1. The van der Waals surface area contributed by atoms with Crippen LogP contribution < -0.4 is 10.2 Å². The molecule has 0 saturated heterocycles.